The molecule has 3 aromatic rings. The summed E-state index contributed by atoms with van der Waals surface area (Å²) in [4.78, 5) is 17.5. The Morgan fingerprint density at radius 2 is 1.96 bits per heavy atom. The number of rotatable bonds is 5. The minimum atomic E-state index is -0.159. The Kier molecular flexibility index (Phi) is 4.55. The number of aliphatic hydroxyl groups is 1. The zero-order valence-corrected chi connectivity index (χ0v) is 13.5. The predicted octanol–water partition coefficient (Wildman–Crippen LogP) is 3.03. The normalized spacial score (nSPS) is 10.7. The molecule has 6 heteroatoms. The van der Waals surface area contributed by atoms with E-state index in [2.05, 4.69) is 10.3 Å². The summed E-state index contributed by atoms with van der Waals surface area (Å²) in [5.74, 6) is -0.159. The van der Waals surface area contributed by atoms with Crippen molar-refractivity contribution < 1.29 is 9.90 Å². The minimum absolute atomic E-state index is 0.119. The van der Waals surface area contributed by atoms with Gasteiger partial charge in [-0.2, -0.15) is 0 Å². The molecular formula is C17H17N3O2S. The standard InChI is InChI=1S/C17H17N3O2S/c1-12-15(23-17(18-12)20-9-2-3-10-20)16(22)19-14-6-4-13(5-7-14)8-11-21/h2-7,9-10,21H,8,11H2,1H3,(H,19,22). The third-order valence-electron chi connectivity index (χ3n) is 3.43. The molecule has 0 unspecified atom stereocenters. The molecule has 0 fully saturated rings. The van der Waals surface area contributed by atoms with Crippen LogP contribution in [0.5, 0.6) is 0 Å². The Morgan fingerprint density at radius 1 is 1.26 bits per heavy atom. The highest BCUT2D eigenvalue weighted by Crippen LogP contribution is 2.23. The second-order valence-corrected chi connectivity index (χ2v) is 6.10. The summed E-state index contributed by atoms with van der Waals surface area (Å²) < 4.78 is 1.89. The van der Waals surface area contributed by atoms with Gasteiger partial charge in [0.05, 0.1) is 5.69 Å². The third-order valence-corrected chi connectivity index (χ3v) is 4.60. The molecule has 0 radical (unpaired) electrons. The van der Waals surface area contributed by atoms with Crippen LogP contribution >= 0.6 is 11.3 Å². The van der Waals surface area contributed by atoms with Crippen molar-refractivity contribution in [3.05, 3.63) is 64.9 Å². The third kappa shape index (κ3) is 3.49. The van der Waals surface area contributed by atoms with Gasteiger partial charge in [0, 0.05) is 24.7 Å². The van der Waals surface area contributed by atoms with Crippen LogP contribution in [0.25, 0.3) is 5.13 Å². The molecule has 0 saturated carbocycles. The van der Waals surface area contributed by atoms with Gasteiger partial charge in [0.15, 0.2) is 5.13 Å². The molecule has 0 saturated heterocycles. The molecule has 0 aliphatic carbocycles. The number of aromatic nitrogens is 2. The number of benzene rings is 1. The quantitative estimate of drug-likeness (QED) is 0.757. The van der Waals surface area contributed by atoms with Gasteiger partial charge in [0.25, 0.3) is 5.91 Å². The Balaban J connectivity index is 1.75. The number of thiazole rings is 1. The average Bonchev–Trinajstić information content (AvgIpc) is 3.18. The van der Waals surface area contributed by atoms with Gasteiger partial charge in [-0.1, -0.05) is 23.5 Å². The van der Waals surface area contributed by atoms with Gasteiger partial charge < -0.3 is 15.0 Å². The van der Waals surface area contributed by atoms with Crippen LogP contribution in [0, 0.1) is 6.92 Å². The first-order valence-electron chi connectivity index (χ1n) is 7.29. The number of aryl methyl sites for hydroxylation is 1. The maximum absolute atomic E-state index is 12.4. The molecule has 0 aliphatic heterocycles. The molecule has 5 nitrogen and oxygen atoms in total. The molecule has 1 aromatic carbocycles. The monoisotopic (exact) mass is 327 g/mol. The lowest BCUT2D eigenvalue weighted by Gasteiger charge is -2.05. The Morgan fingerprint density at radius 3 is 2.61 bits per heavy atom. The summed E-state index contributed by atoms with van der Waals surface area (Å²) in [7, 11) is 0. The molecule has 3 rings (SSSR count). The van der Waals surface area contributed by atoms with Crippen LogP contribution in [0.2, 0.25) is 0 Å². The van der Waals surface area contributed by atoms with Gasteiger partial charge in [0.1, 0.15) is 4.88 Å². The Bertz CT molecular complexity index is 792. The van der Waals surface area contributed by atoms with Crippen LogP contribution < -0.4 is 5.32 Å². The van der Waals surface area contributed by atoms with Crippen molar-refractivity contribution in [3.8, 4) is 5.13 Å². The van der Waals surface area contributed by atoms with E-state index in [1.807, 2.05) is 60.3 Å². The second kappa shape index (κ2) is 6.76. The van der Waals surface area contributed by atoms with Gasteiger partial charge in [-0.05, 0) is 43.2 Å². The lowest BCUT2D eigenvalue weighted by molar-refractivity contribution is 0.103. The van der Waals surface area contributed by atoms with Crippen molar-refractivity contribution in [1.82, 2.24) is 9.55 Å². The van der Waals surface area contributed by atoms with E-state index < -0.39 is 0 Å². The maximum Gasteiger partial charge on any atom is 0.267 e. The molecule has 0 aliphatic rings. The number of hydrogen-bond donors (Lipinski definition) is 2. The Labute approximate surface area is 138 Å². The summed E-state index contributed by atoms with van der Waals surface area (Å²) >= 11 is 1.36. The molecule has 2 N–H and O–H groups in total. The maximum atomic E-state index is 12.4. The first-order valence-corrected chi connectivity index (χ1v) is 8.11. The highest BCUT2D eigenvalue weighted by molar-refractivity contribution is 7.16. The average molecular weight is 327 g/mol. The van der Waals surface area contributed by atoms with Gasteiger partial charge >= 0.3 is 0 Å². The van der Waals surface area contributed by atoms with E-state index in [1.54, 1.807) is 0 Å². The zero-order chi connectivity index (χ0) is 16.2. The van der Waals surface area contributed by atoms with Crippen molar-refractivity contribution in [3.63, 3.8) is 0 Å². The number of nitrogens with one attached hydrogen (secondary N) is 1. The molecule has 23 heavy (non-hydrogen) atoms. The van der Waals surface area contributed by atoms with Crippen LogP contribution in [-0.2, 0) is 6.42 Å². The summed E-state index contributed by atoms with van der Waals surface area (Å²) in [6.45, 7) is 1.96. The molecule has 0 bridgehead atoms. The summed E-state index contributed by atoms with van der Waals surface area (Å²) in [6, 6.07) is 11.3. The SMILES string of the molecule is Cc1nc(-n2cccc2)sc1C(=O)Nc1ccc(CCO)cc1. The number of anilines is 1. The fourth-order valence-corrected chi connectivity index (χ4v) is 3.17. The number of carbonyl (C=O) groups is 1. The number of hydrogen-bond acceptors (Lipinski definition) is 4. The lowest BCUT2D eigenvalue weighted by Crippen LogP contribution is -2.11. The van der Waals surface area contributed by atoms with Crippen molar-refractivity contribution in [2.75, 3.05) is 11.9 Å². The second-order valence-electron chi connectivity index (χ2n) is 5.13. The predicted molar refractivity (Wildman–Crippen MR) is 91.4 cm³/mol. The van der Waals surface area contributed by atoms with Gasteiger partial charge in [-0.3, -0.25) is 4.79 Å². The zero-order valence-electron chi connectivity index (χ0n) is 12.7. The van der Waals surface area contributed by atoms with E-state index in [0.717, 1.165) is 16.4 Å². The van der Waals surface area contributed by atoms with Crippen molar-refractivity contribution in [1.29, 1.82) is 0 Å². The number of amides is 1. The lowest BCUT2D eigenvalue weighted by atomic mass is 10.1. The van der Waals surface area contributed by atoms with Crippen molar-refractivity contribution in [2.24, 2.45) is 0 Å². The topological polar surface area (TPSA) is 67.2 Å². The molecule has 0 spiro atoms. The van der Waals surface area contributed by atoms with E-state index in [9.17, 15) is 4.79 Å². The summed E-state index contributed by atoms with van der Waals surface area (Å²) in [6.07, 6.45) is 4.42. The van der Waals surface area contributed by atoms with E-state index in [-0.39, 0.29) is 12.5 Å². The minimum Gasteiger partial charge on any atom is -0.396 e. The fourth-order valence-electron chi connectivity index (χ4n) is 2.24. The highest BCUT2D eigenvalue weighted by atomic mass is 32.1. The first kappa shape index (κ1) is 15.5. The van der Waals surface area contributed by atoms with Crippen LogP contribution in [-0.4, -0.2) is 27.2 Å². The highest BCUT2D eigenvalue weighted by Gasteiger charge is 2.16. The summed E-state index contributed by atoms with van der Waals surface area (Å²) in [5.41, 5.74) is 2.48. The number of aliphatic hydroxyl groups excluding tert-OH is 1. The van der Waals surface area contributed by atoms with E-state index in [4.69, 9.17) is 5.11 Å². The van der Waals surface area contributed by atoms with Gasteiger partial charge in [-0.15, -0.1) is 0 Å². The molecule has 1 amide bonds. The number of nitrogens with zero attached hydrogens (tertiary/aromatic N) is 2. The fraction of sp³-hybridized carbons (Fsp3) is 0.176. The van der Waals surface area contributed by atoms with Crippen molar-refractivity contribution in [2.45, 2.75) is 13.3 Å². The van der Waals surface area contributed by atoms with E-state index >= 15 is 0 Å². The van der Waals surface area contributed by atoms with E-state index in [1.165, 1.54) is 11.3 Å². The Hall–Kier alpha value is -2.44. The summed E-state index contributed by atoms with van der Waals surface area (Å²) in [5, 5.41) is 12.6. The van der Waals surface area contributed by atoms with Crippen LogP contribution in [0.4, 0.5) is 5.69 Å². The van der Waals surface area contributed by atoms with Crippen molar-refractivity contribution >= 4 is 22.9 Å². The van der Waals surface area contributed by atoms with Crippen LogP contribution in [0.3, 0.4) is 0 Å². The smallest absolute Gasteiger partial charge is 0.267 e. The van der Waals surface area contributed by atoms with Crippen LogP contribution in [0.1, 0.15) is 20.9 Å². The molecule has 2 aromatic heterocycles. The molecule has 2 heterocycles. The van der Waals surface area contributed by atoms with Gasteiger partial charge in [-0.25, -0.2) is 4.98 Å². The molecule has 0 atom stereocenters. The molecule has 118 valence electrons. The largest absolute Gasteiger partial charge is 0.396 e. The van der Waals surface area contributed by atoms with Gasteiger partial charge in [0.2, 0.25) is 0 Å². The van der Waals surface area contributed by atoms with Crippen LogP contribution in [0.15, 0.2) is 48.8 Å². The van der Waals surface area contributed by atoms with E-state index in [0.29, 0.717) is 17.0 Å². The first-order chi connectivity index (χ1) is 11.2. The number of carbonyl (C=O) groups excluding carboxylic acids is 1. The molecular weight excluding hydrogens is 310 g/mol.